The third-order valence-electron chi connectivity index (χ3n) is 4.72. The van der Waals surface area contributed by atoms with E-state index in [1.807, 2.05) is 23.1 Å². The van der Waals surface area contributed by atoms with Crippen molar-refractivity contribution in [1.29, 1.82) is 0 Å². The smallest absolute Gasteiger partial charge is 0.329 e. The SMILES string of the molecule is COc1ccc(OC)c(CN2CCN(c3cc(=O)n(C)c(=O)[nH]3)CC2)c1. The Kier molecular flexibility index (Phi) is 5.32. The molecule has 8 heteroatoms. The summed E-state index contributed by atoms with van der Waals surface area (Å²) in [5.41, 5.74) is 0.380. The maximum atomic E-state index is 11.8. The summed E-state index contributed by atoms with van der Waals surface area (Å²) in [5, 5.41) is 0. The van der Waals surface area contributed by atoms with E-state index >= 15 is 0 Å². The number of ether oxygens (including phenoxy) is 2. The molecule has 0 spiro atoms. The molecule has 2 aromatic rings. The molecule has 1 aromatic carbocycles. The summed E-state index contributed by atoms with van der Waals surface area (Å²) in [7, 11) is 4.77. The quantitative estimate of drug-likeness (QED) is 0.832. The number of aromatic amines is 1. The van der Waals surface area contributed by atoms with Crippen molar-refractivity contribution in [1.82, 2.24) is 14.5 Å². The number of aromatic nitrogens is 2. The van der Waals surface area contributed by atoms with Gasteiger partial charge in [0, 0.05) is 51.4 Å². The fraction of sp³-hybridized carbons (Fsp3) is 0.444. The molecule has 1 saturated heterocycles. The van der Waals surface area contributed by atoms with Crippen molar-refractivity contribution < 1.29 is 9.47 Å². The zero-order valence-electron chi connectivity index (χ0n) is 15.3. The fourth-order valence-electron chi connectivity index (χ4n) is 3.11. The Labute approximate surface area is 151 Å². The lowest BCUT2D eigenvalue weighted by atomic mass is 10.1. The van der Waals surface area contributed by atoms with Gasteiger partial charge < -0.3 is 14.4 Å². The van der Waals surface area contributed by atoms with Crippen molar-refractivity contribution in [2.45, 2.75) is 6.54 Å². The van der Waals surface area contributed by atoms with Gasteiger partial charge >= 0.3 is 5.69 Å². The number of benzene rings is 1. The second-order valence-corrected chi connectivity index (χ2v) is 6.30. The van der Waals surface area contributed by atoms with Gasteiger partial charge in [0.05, 0.1) is 14.2 Å². The predicted octanol–water partition coefficient (Wildman–Crippen LogP) is 0.413. The Morgan fingerprint density at radius 3 is 2.38 bits per heavy atom. The number of hydrogen-bond acceptors (Lipinski definition) is 6. The van der Waals surface area contributed by atoms with E-state index in [1.54, 1.807) is 14.2 Å². The Hall–Kier alpha value is -2.74. The van der Waals surface area contributed by atoms with Gasteiger partial charge in [-0.3, -0.25) is 19.2 Å². The number of hydrogen-bond donors (Lipinski definition) is 1. The van der Waals surface area contributed by atoms with Crippen LogP contribution in [0.4, 0.5) is 5.82 Å². The summed E-state index contributed by atoms with van der Waals surface area (Å²) in [6.45, 7) is 3.85. The maximum Gasteiger partial charge on any atom is 0.329 e. The first-order valence-corrected chi connectivity index (χ1v) is 8.50. The van der Waals surface area contributed by atoms with E-state index in [4.69, 9.17) is 9.47 Å². The van der Waals surface area contributed by atoms with Gasteiger partial charge in [0.2, 0.25) is 0 Å². The van der Waals surface area contributed by atoms with Gasteiger partial charge in [-0.25, -0.2) is 4.79 Å². The molecule has 26 heavy (non-hydrogen) atoms. The van der Waals surface area contributed by atoms with Gasteiger partial charge in [-0.1, -0.05) is 0 Å². The van der Waals surface area contributed by atoms with Gasteiger partial charge in [-0.15, -0.1) is 0 Å². The third kappa shape index (κ3) is 3.75. The van der Waals surface area contributed by atoms with E-state index in [9.17, 15) is 9.59 Å². The van der Waals surface area contributed by atoms with Crippen LogP contribution in [0.2, 0.25) is 0 Å². The molecule has 0 unspecified atom stereocenters. The van der Waals surface area contributed by atoms with Crippen molar-refractivity contribution >= 4 is 5.82 Å². The highest BCUT2D eigenvalue weighted by atomic mass is 16.5. The summed E-state index contributed by atoms with van der Waals surface area (Å²) in [4.78, 5) is 30.7. The largest absolute Gasteiger partial charge is 0.497 e. The van der Waals surface area contributed by atoms with E-state index in [1.165, 1.54) is 13.1 Å². The van der Waals surface area contributed by atoms with Crippen molar-refractivity contribution in [3.05, 3.63) is 50.7 Å². The molecular weight excluding hydrogens is 336 g/mol. The van der Waals surface area contributed by atoms with Crippen molar-refractivity contribution in [2.24, 2.45) is 7.05 Å². The second-order valence-electron chi connectivity index (χ2n) is 6.30. The summed E-state index contributed by atoms with van der Waals surface area (Å²) in [6, 6.07) is 7.26. The lowest BCUT2D eigenvalue weighted by molar-refractivity contribution is 0.245. The minimum atomic E-state index is -0.393. The molecular formula is C18H24N4O4. The van der Waals surface area contributed by atoms with Crippen LogP contribution in [0.3, 0.4) is 0 Å². The van der Waals surface area contributed by atoms with E-state index in [0.717, 1.165) is 54.4 Å². The molecule has 0 atom stereocenters. The van der Waals surface area contributed by atoms with Gasteiger partial charge in [-0.05, 0) is 18.2 Å². The summed E-state index contributed by atoms with van der Waals surface area (Å²) in [5.74, 6) is 2.22. The first kappa shape index (κ1) is 18.1. The minimum absolute atomic E-state index is 0.299. The molecule has 1 aromatic heterocycles. The molecule has 1 fully saturated rings. The van der Waals surface area contributed by atoms with Crippen LogP contribution < -0.4 is 25.6 Å². The zero-order chi connectivity index (χ0) is 18.7. The summed E-state index contributed by atoms with van der Waals surface area (Å²) < 4.78 is 11.8. The molecule has 140 valence electrons. The van der Waals surface area contributed by atoms with Crippen LogP contribution in [0, 0.1) is 0 Å². The van der Waals surface area contributed by atoms with Crippen LogP contribution in [0.25, 0.3) is 0 Å². The number of nitrogens with one attached hydrogen (secondary N) is 1. The van der Waals surface area contributed by atoms with E-state index in [-0.39, 0.29) is 5.56 Å². The van der Waals surface area contributed by atoms with Crippen molar-refractivity contribution in [2.75, 3.05) is 45.3 Å². The molecule has 1 aliphatic heterocycles. The average molecular weight is 360 g/mol. The van der Waals surface area contributed by atoms with Crippen LogP contribution in [0.15, 0.2) is 33.9 Å². The zero-order valence-corrected chi connectivity index (χ0v) is 15.3. The summed E-state index contributed by atoms with van der Waals surface area (Å²) >= 11 is 0. The number of nitrogens with zero attached hydrogens (tertiary/aromatic N) is 3. The fourth-order valence-corrected chi connectivity index (χ4v) is 3.11. The van der Waals surface area contributed by atoms with Gasteiger partial charge in [0.1, 0.15) is 17.3 Å². The molecule has 0 bridgehead atoms. The highest BCUT2D eigenvalue weighted by molar-refractivity contribution is 5.41. The van der Waals surface area contributed by atoms with Crippen LogP contribution in [0.1, 0.15) is 5.56 Å². The number of rotatable bonds is 5. The Morgan fingerprint density at radius 2 is 1.77 bits per heavy atom. The molecule has 2 heterocycles. The van der Waals surface area contributed by atoms with Gasteiger partial charge in [0.25, 0.3) is 5.56 Å². The number of methoxy groups -OCH3 is 2. The number of anilines is 1. The van der Waals surface area contributed by atoms with Gasteiger partial charge in [0.15, 0.2) is 0 Å². The standard InChI is InChI=1S/C18H24N4O4/c1-20-17(23)11-16(19-18(20)24)22-8-6-21(7-9-22)12-13-10-14(25-2)4-5-15(13)26-3/h4-5,10-11H,6-9,12H2,1-3H3,(H,19,24). The van der Waals surface area contributed by atoms with Crippen LogP contribution in [-0.2, 0) is 13.6 Å². The van der Waals surface area contributed by atoms with Crippen molar-refractivity contribution in [3.63, 3.8) is 0 Å². The van der Waals surface area contributed by atoms with Crippen LogP contribution in [0.5, 0.6) is 11.5 Å². The van der Waals surface area contributed by atoms with E-state index in [2.05, 4.69) is 9.88 Å². The molecule has 0 radical (unpaired) electrons. The monoisotopic (exact) mass is 360 g/mol. The predicted molar refractivity (Wildman–Crippen MR) is 99.3 cm³/mol. The molecule has 0 saturated carbocycles. The average Bonchev–Trinajstić information content (AvgIpc) is 2.66. The first-order chi connectivity index (χ1) is 12.5. The topological polar surface area (TPSA) is 79.8 Å². The minimum Gasteiger partial charge on any atom is -0.497 e. The maximum absolute atomic E-state index is 11.8. The van der Waals surface area contributed by atoms with Crippen LogP contribution >= 0.6 is 0 Å². The molecule has 1 N–H and O–H groups in total. The normalized spacial score (nSPS) is 15.1. The third-order valence-corrected chi connectivity index (χ3v) is 4.72. The van der Waals surface area contributed by atoms with Gasteiger partial charge in [-0.2, -0.15) is 0 Å². The lowest BCUT2D eigenvalue weighted by Gasteiger charge is -2.35. The number of piperazine rings is 1. The molecule has 8 nitrogen and oxygen atoms in total. The summed E-state index contributed by atoms with van der Waals surface area (Å²) in [6.07, 6.45) is 0. The van der Waals surface area contributed by atoms with Crippen LogP contribution in [-0.4, -0.2) is 54.8 Å². The molecule has 0 aliphatic carbocycles. The highest BCUT2D eigenvalue weighted by Gasteiger charge is 2.20. The molecule has 1 aliphatic rings. The molecule has 0 amide bonds. The van der Waals surface area contributed by atoms with E-state index in [0.29, 0.717) is 5.82 Å². The van der Waals surface area contributed by atoms with E-state index < -0.39 is 5.69 Å². The Morgan fingerprint density at radius 1 is 1.04 bits per heavy atom. The second kappa shape index (κ2) is 7.65. The van der Waals surface area contributed by atoms with Crippen molar-refractivity contribution in [3.8, 4) is 11.5 Å². The Balaban J connectivity index is 1.68. The highest BCUT2D eigenvalue weighted by Crippen LogP contribution is 2.25. The first-order valence-electron chi connectivity index (χ1n) is 8.50. The molecule has 3 rings (SSSR count). The number of H-pyrrole nitrogens is 1. The lowest BCUT2D eigenvalue weighted by Crippen LogP contribution is -2.47. The Bertz CT molecular complexity index is 850.